The van der Waals surface area contributed by atoms with E-state index in [4.69, 9.17) is 17.4 Å². The van der Waals surface area contributed by atoms with Crippen molar-refractivity contribution in [3.63, 3.8) is 0 Å². The molecule has 0 fully saturated rings. The van der Waals surface area contributed by atoms with Crippen molar-refractivity contribution in [3.8, 4) is 0 Å². The minimum atomic E-state index is 0.0824. The van der Waals surface area contributed by atoms with E-state index >= 15 is 0 Å². The first-order valence-corrected chi connectivity index (χ1v) is 6.65. The third kappa shape index (κ3) is 3.98. The lowest BCUT2D eigenvalue weighted by Crippen LogP contribution is -2.30. The van der Waals surface area contributed by atoms with Crippen molar-refractivity contribution in [2.45, 2.75) is 52.6 Å². The van der Waals surface area contributed by atoms with Crippen LogP contribution >= 0.6 is 11.6 Å². The first kappa shape index (κ1) is 14.5. The van der Waals surface area contributed by atoms with Crippen LogP contribution in [0.3, 0.4) is 0 Å². The summed E-state index contributed by atoms with van der Waals surface area (Å²) in [6.07, 6.45) is 4.82. The van der Waals surface area contributed by atoms with Crippen LogP contribution in [-0.2, 0) is 6.54 Å². The molecule has 0 aromatic carbocycles. The van der Waals surface area contributed by atoms with Crippen LogP contribution in [0, 0.1) is 5.92 Å². The number of hydrogen-bond acceptors (Lipinski definition) is 3. The lowest BCUT2D eigenvalue weighted by Gasteiger charge is -2.19. The van der Waals surface area contributed by atoms with E-state index in [2.05, 4.69) is 31.3 Å². The highest BCUT2D eigenvalue weighted by atomic mass is 35.5. The Morgan fingerprint density at radius 2 is 2.18 bits per heavy atom. The standard InChI is InChI=1S/C12H23ClN4/c1-4-7-17-12(10(13)8-15-17)11(16-14)6-5-9(2)3/h8-9,11,16H,4-7,14H2,1-3H3. The van der Waals surface area contributed by atoms with E-state index in [1.165, 1.54) is 0 Å². The lowest BCUT2D eigenvalue weighted by molar-refractivity contribution is 0.417. The van der Waals surface area contributed by atoms with E-state index in [9.17, 15) is 0 Å². The molecule has 0 saturated heterocycles. The molecule has 1 rings (SSSR count). The average molecular weight is 259 g/mol. The predicted molar refractivity (Wildman–Crippen MR) is 71.7 cm³/mol. The van der Waals surface area contributed by atoms with Crippen LogP contribution < -0.4 is 11.3 Å². The number of nitrogens with zero attached hydrogens (tertiary/aromatic N) is 2. The highest BCUT2D eigenvalue weighted by molar-refractivity contribution is 6.31. The van der Waals surface area contributed by atoms with Crippen LogP contribution in [0.25, 0.3) is 0 Å². The van der Waals surface area contributed by atoms with Crippen molar-refractivity contribution in [3.05, 3.63) is 16.9 Å². The highest BCUT2D eigenvalue weighted by Gasteiger charge is 2.19. The number of nitrogens with two attached hydrogens (primary N) is 1. The van der Waals surface area contributed by atoms with Crippen LogP contribution in [0.5, 0.6) is 0 Å². The fourth-order valence-corrected chi connectivity index (χ4v) is 2.18. The van der Waals surface area contributed by atoms with E-state index < -0.39 is 0 Å². The predicted octanol–water partition coefficient (Wildman–Crippen LogP) is 2.89. The fourth-order valence-electron chi connectivity index (χ4n) is 1.91. The molecule has 17 heavy (non-hydrogen) atoms. The molecule has 98 valence electrons. The van der Waals surface area contributed by atoms with Gasteiger partial charge in [-0.25, -0.2) is 0 Å². The highest BCUT2D eigenvalue weighted by Crippen LogP contribution is 2.27. The molecule has 0 aliphatic carbocycles. The molecule has 1 heterocycles. The Morgan fingerprint density at radius 3 is 2.71 bits per heavy atom. The summed E-state index contributed by atoms with van der Waals surface area (Å²) in [5.74, 6) is 6.29. The van der Waals surface area contributed by atoms with Crippen molar-refractivity contribution in [1.29, 1.82) is 0 Å². The molecule has 1 atom stereocenters. The topological polar surface area (TPSA) is 55.9 Å². The van der Waals surface area contributed by atoms with Crippen LogP contribution in [0.2, 0.25) is 5.02 Å². The van der Waals surface area contributed by atoms with Gasteiger partial charge in [-0.2, -0.15) is 5.10 Å². The van der Waals surface area contributed by atoms with Crippen molar-refractivity contribution < 1.29 is 0 Å². The number of aryl methyl sites for hydroxylation is 1. The molecule has 1 aromatic rings. The van der Waals surface area contributed by atoms with Gasteiger partial charge in [0, 0.05) is 6.54 Å². The summed E-state index contributed by atoms with van der Waals surface area (Å²) < 4.78 is 1.95. The minimum absolute atomic E-state index is 0.0824. The Kier molecular flexibility index (Phi) is 5.95. The molecular formula is C12H23ClN4. The summed E-state index contributed by atoms with van der Waals surface area (Å²) in [5.41, 5.74) is 3.86. The number of hydrazine groups is 1. The Hall–Kier alpha value is -0.580. The second-order valence-electron chi connectivity index (χ2n) is 4.79. The van der Waals surface area contributed by atoms with Gasteiger partial charge in [-0.05, 0) is 25.2 Å². The molecule has 3 N–H and O–H groups in total. The third-order valence-corrected chi connectivity index (χ3v) is 3.12. The minimum Gasteiger partial charge on any atom is -0.271 e. The molecule has 0 spiro atoms. The fraction of sp³-hybridized carbons (Fsp3) is 0.750. The van der Waals surface area contributed by atoms with Gasteiger partial charge in [-0.1, -0.05) is 32.4 Å². The number of nitrogens with one attached hydrogen (secondary N) is 1. The molecule has 1 aromatic heterocycles. The van der Waals surface area contributed by atoms with Gasteiger partial charge in [-0.3, -0.25) is 16.0 Å². The second-order valence-corrected chi connectivity index (χ2v) is 5.20. The Balaban J connectivity index is 2.82. The van der Waals surface area contributed by atoms with Crippen LogP contribution in [0.4, 0.5) is 0 Å². The zero-order valence-corrected chi connectivity index (χ0v) is 11.7. The zero-order valence-electron chi connectivity index (χ0n) is 10.9. The molecule has 5 heteroatoms. The molecule has 0 aliphatic rings. The van der Waals surface area contributed by atoms with E-state index in [0.717, 1.165) is 31.5 Å². The van der Waals surface area contributed by atoms with E-state index in [1.807, 2.05) is 4.68 Å². The van der Waals surface area contributed by atoms with E-state index in [-0.39, 0.29) is 6.04 Å². The molecule has 0 saturated carbocycles. The van der Waals surface area contributed by atoms with Crippen LogP contribution in [0.1, 0.15) is 51.8 Å². The molecule has 0 radical (unpaired) electrons. The Bertz CT molecular complexity index is 335. The lowest BCUT2D eigenvalue weighted by atomic mass is 10.0. The Morgan fingerprint density at radius 1 is 1.47 bits per heavy atom. The van der Waals surface area contributed by atoms with E-state index in [0.29, 0.717) is 10.9 Å². The summed E-state index contributed by atoms with van der Waals surface area (Å²) in [4.78, 5) is 0. The van der Waals surface area contributed by atoms with Gasteiger partial charge in [0.05, 0.1) is 23.0 Å². The summed E-state index contributed by atoms with van der Waals surface area (Å²) in [5, 5.41) is 4.99. The van der Waals surface area contributed by atoms with Gasteiger partial charge >= 0.3 is 0 Å². The molecule has 4 nitrogen and oxygen atoms in total. The second kappa shape index (κ2) is 6.99. The van der Waals surface area contributed by atoms with Gasteiger partial charge < -0.3 is 0 Å². The molecule has 0 bridgehead atoms. The van der Waals surface area contributed by atoms with Crippen molar-refractivity contribution in [2.24, 2.45) is 11.8 Å². The van der Waals surface area contributed by atoms with Crippen LogP contribution in [0.15, 0.2) is 6.20 Å². The number of rotatable bonds is 7. The summed E-state index contributed by atoms with van der Waals surface area (Å²) in [7, 11) is 0. The number of halogens is 1. The van der Waals surface area contributed by atoms with Crippen molar-refractivity contribution in [1.82, 2.24) is 15.2 Å². The first-order chi connectivity index (χ1) is 8.10. The summed E-state index contributed by atoms with van der Waals surface area (Å²) >= 11 is 6.19. The normalized spacial score (nSPS) is 13.3. The monoisotopic (exact) mass is 258 g/mol. The smallest absolute Gasteiger partial charge is 0.0834 e. The maximum absolute atomic E-state index is 6.19. The number of hydrogen-bond donors (Lipinski definition) is 2. The van der Waals surface area contributed by atoms with Gasteiger partial charge in [0.15, 0.2) is 0 Å². The third-order valence-electron chi connectivity index (χ3n) is 2.83. The van der Waals surface area contributed by atoms with Crippen molar-refractivity contribution in [2.75, 3.05) is 0 Å². The first-order valence-electron chi connectivity index (χ1n) is 6.27. The molecule has 1 unspecified atom stereocenters. The summed E-state index contributed by atoms with van der Waals surface area (Å²) in [6.45, 7) is 7.41. The maximum atomic E-state index is 6.19. The van der Waals surface area contributed by atoms with Crippen molar-refractivity contribution >= 4 is 11.6 Å². The van der Waals surface area contributed by atoms with Gasteiger partial charge in [0.1, 0.15) is 0 Å². The van der Waals surface area contributed by atoms with Gasteiger partial charge in [-0.15, -0.1) is 0 Å². The summed E-state index contributed by atoms with van der Waals surface area (Å²) in [6, 6.07) is 0.0824. The SMILES string of the molecule is CCCn1ncc(Cl)c1C(CCC(C)C)NN. The quantitative estimate of drug-likeness (QED) is 0.584. The maximum Gasteiger partial charge on any atom is 0.0834 e. The van der Waals surface area contributed by atoms with E-state index in [1.54, 1.807) is 6.20 Å². The number of aromatic nitrogens is 2. The zero-order chi connectivity index (χ0) is 12.8. The van der Waals surface area contributed by atoms with Crippen LogP contribution in [-0.4, -0.2) is 9.78 Å². The Labute approximate surface area is 108 Å². The molecule has 0 amide bonds. The average Bonchev–Trinajstić information content (AvgIpc) is 2.63. The van der Waals surface area contributed by atoms with Gasteiger partial charge in [0.2, 0.25) is 0 Å². The van der Waals surface area contributed by atoms with Gasteiger partial charge in [0.25, 0.3) is 0 Å². The molecular weight excluding hydrogens is 236 g/mol. The largest absolute Gasteiger partial charge is 0.271 e. The molecule has 0 aliphatic heterocycles.